The van der Waals surface area contributed by atoms with Gasteiger partial charge in [-0.1, -0.05) is 35.5 Å². The minimum Gasteiger partial charge on any atom is -0.355 e. The Hall–Kier alpha value is -2.45. The fraction of sp³-hybridized carbons (Fsp3) is 0.222. The molecular weight excluding hydrogens is 389 g/mol. The number of nitrogens with one attached hydrogen (secondary N) is 1. The standard InChI is InChI=1S/C18H17ClFN5OS/c1-12(17(26)21-11-10-13-2-6-15(20)7-3-13)27-18-22-23-24-25(18)16-8-4-14(19)5-9-16/h2-9,12H,10-11H2,1H3,(H,21,26)/t12-/m1/s1. The Balaban J connectivity index is 1.55. The third-order valence-electron chi connectivity index (χ3n) is 3.79. The SMILES string of the molecule is C[C@@H](Sc1nnnn1-c1ccc(Cl)cc1)C(=O)NCCc1ccc(F)cc1. The molecule has 27 heavy (non-hydrogen) atoms. The molecule has 0 bridgehead atoms. The third kappa shape index (κ3) is 5.27. The molecule has 0 saturated heterocycles. The summed E-state index contributed by atoms with van der Waals surface area (Å²) in [4.78, 5) is 12.3. The van der Waals surface area contributed by atoms with Crippen molar-refractivity contribution in [3.63, 3.8) is 0 Å². The third-order valence-corrected chi connectivity index (χ3v) is 5.07. The van der Waals surface area contributed by atoms with Crippen molar-refractivity contribution in [1.82, 2.24) is 25.5 Å². The highest BCUT2D eigenvalue weighted by Crippen LogP contribution is 2.23. The van der Waals surface area contributed by atoms with E-state index in [0.29, 0.717) is 23.1 Å². The monoisotopic (exact) mass is 405 g/mol. The van der Waals surface area contributed by atoms with Crippen LogP contribution in [0.4, 0.5) is 4.39 Å². The molecule has 1 aromatic heterocycles. The number of amides is 1. The molecule has 0 fully saturated rings. The number of nitrogens with zero attached hydrogens (tertiary/aromatic N) is 4. The minimum atomic E-state index is -0.379. The van der Waals surface area contributed by atoms with E-state index in [2.05, 4.69) is 20.8 Å². The van der Waals surface area contributed by atoms with Crippen molar-refractivity contribution < 1.29 is 9.18 Å². The van der Waals surface area contributed by atoms with Crippen LogP contribution in [0.15, 0.2) is 53.7 Å². The zero-order valence-electron chi connectivity index (χ0n) is 14.5. The van der Waals surface area contributed by atoms with E-state index in [-0.39, 0.29) is 17.0 Å². The van der Waals surface area contributed by atoms with Crippen LogP contribution in [-0.2, 0) is 11.2 Å². The minimum absolute atomic E-state index is 0.118. The van der Waals surface area contributed by atoms with Gasteiger partial charge in [0.1, 0.15) is 5.82 Å². The van der Waals surface area contributed by atoms with E-state index < -0.39 is 0 Å². The number of rotatable bonds is 7. The van der Waals surface area contributed by atoms with Crippen LogP contribution in [0, 0.1) is 5.82 Å². The molecule has 1 N–H and O–H groups in total. The van der Waals surface area contributed by atoms with Crippen LogP contribution < -0.4 is 5.32 Å². The normalized spacial score (nSPS) is 12.0. The second-order valence-electron chi connectivity index (χ2n) is 5.78. The lowest BCUT2D eigenvalue weighted by Crippen LogP contribution is -2.32. The van der Waals surface area contributed by atoms with Crippen molar-refractivity contribution in [3.05, 3.63) is 64.9 Å². The summed E-state index contributed by atoms with van der Waals surface area (Å²) in [5.74, 6) is -0.390. The van der Waals surface area contributed by atoms with Gasteiger partial charge in [-0.25, -0.2) is 4.39 Å². The van der Waals surface area contributed by atoms with E-state index in [9.17, 15) is 9.18 Å². The highest BCUT2D eigenvalue weighted by Gasteiger charge is 2.19. The van der Waals surface area contributed by atoms with Crippen LogP contribution in [0.3, 0.4) is 0 Å². The molecule has 3 aromatic rings. The van der Waals surface area contributed by atoms with Crippen molar-refractivity contribution in [2.45, 2.75) is 23.8 Å². The first-order valence-corrected chi connectivity index (χ1v) is 9.52. The zero-order chi connectivity index (χ0) is 19.2. The molecule has 0 aliphatic heterocycles. The maximum absolute atomic E-state index is 12.9. The molecule has 0 aliphatic carbocycles. The molecule has 1 heterocycles. The van der Waals surface area contributed by atoms with E-state index >= 15 is 0 Å². The predicted molar refractivity (Wildman–Crippen MR) is 103 cm³/mol. The van der Waals surface area contributed by atoms with Crippen LogP contribution in [0.25, 0.3) is 5.69 Å². The van der Waals surface area contributed by atoms with Crippen LogP contribution in [0.2, 0.25) is 5.02 Å². The Bertz CT molecular complexity index is 901. The summed E-state index contributed by atoms with van der Waals surface area (Å²) in [6.07, 6.45) is 0.631. The average Bonchev–Trinajstić information content (AvgIpc) is 3.12. The fourth-order valence-corrected chi connectivity index (χ4v) is 3.29. The number of hydrogen-bond donors (Lipinski definition) is 1. The lowest BCUT2D eigenvalue weighted by atomic mass is 10.1. The second kappa shape index (κ2) is 8.96. The number of aromatic nitrogens is 4. The van der Waals surface area contributed by atoms with Crippen molar-refractivity contribution in [2.24, 2.45) is 0 Å². The highest BCUT2D eigenvalue weighted by atomic mass is 35.5. The summed E-state index contributed by atoms with van der Waals surface area (Å²) in [6.45, 7) is 2.26. The molecule has 1 amide bonds. The summed E-state index contributed by atoms with van der Waals surface area (Å²) in [7, 11) is 0. The summed E-state index contributed by atoms with van der Waals surface area (Å²) in [5.41, 5.74) is 1.72. The first kappa shape index (κ1) is 19.3. The number of benzene rings is 2. The van der Waals surface area contributed by atoms with Crippen LogP contribution >= 0.6 is 23.4 Å². The van der Waals surface area contributed by atoms with Gasteiger partial charge in [-0.2, -0.15) is 4.68 Å². The molecule has 3 rings (SSSR count). The van der Waals surface area contributed by atoms with Gasteiger partial charge in [0.25, 0.3) is 0 Å². The molecule has 6 nitrogen and oxygen atoms in total. The van der Waals surface area contributed by atoms with Crippen LogP contribution in [-0.4, -0.2) is 37.9 Å². The molecule has 9 heteroatoms. The number of thioether (sulfide) groups is 1. The van der Waals surface area contributed by atoms with E-state index in [0.717, 1.165) is 11.3 Å². The van der Waals surface area contributed by atoms with Crippen LogP contribution in [0.5, 0.6) is 0 Å². The molecule has 0 aliphatic rings. The zero-order valence-corrected chi connectivity index (χ0v) is 16.0. The lowest BCUT2D eigenvalue weighted by Gasteiger charge is -2.12. The van der Waals surface area contributed by atoms with E-state index in [1.165, 1.54) is 23.9 Å². The maximum Gasteiger partial charge on any atom is 0.233 e. The van der Waals surface area contributed by atoms with Gasteiger partial charge in [-0.05, 0) is 65.7 Å². The van der Waals surface area contributed by atoms with Gasteiger partial charge in [0.15, 0.2) is 0 Å². The molecular formula is C18H17ClFN5OS. The van der Waals surface area contributed by atoms with Gasteiger partial charge in [0.05, 0.1) is 10.9 Å². The summed E-state index contributed by atoms with van der Waals surface area (Å²) >= 11 is 7.17. The fourth-order valence-electron chi connectivity index (χ4n) is 2.33. The smallest absolute Gasteiger partial charge is 0.233 e. The second-order valence-corrected chi connectivity index (χ2v) is 7.52. The quantitative estimate of drug-likeness (QED) is 0.610. The van der Waals surface area contributed by atoms with E-state index in [1.54, 1.807) is 48.0 Å². The Morgan fingerprint density at radius 1 is 1.22 bits per heavy atom. The molecule has 0 radical (unpaired) electrons. The molecule has 2 aromatic carbocycles. The topological polar surface area (TPSA) is 72.7 Å². The van der Waals surface area contributed by atoms with Crippen molar-refractivity contribution >= 4 is 29.3 Å². The number of halogens is 2. The van der Waals surface area contributed by atoms with Crippen LogP contribution in [0.1, 0.15) is 12.5 Å². The van der Waals surface area contributed by atoms with Crippen molar-refractivity contribution in [2.75, 3.05) is 6.54 Å². The van der Waals surface area contributed by atoms with Crippen molar-refractivity contribution in [3.8, 4) is 5.69 Å². The first-order chi connectivity index (χ1) is 13.0. The summed E-state index contributed by atoms with van der Waals surface area (Å²) in [6, 6.07) is 13.3. The predicted octanol–water partition coefficient (Wildman–Crippen LogP) is 3.29. The first-order valence-electron chi connectivity index (χ1n) is 8.26. The Morgan fingerprint density at radius 3 is 2.63 bits per heavy atom. The van der Waals surface area contributed by atoms with Gasteiger partial charge >= 0.3 is 0 Å². The molecule has 0 unspecified atom stereocenters. The highest BCUT2D eigenvalue weighted by molar-refractivity contribution is 8.00. The summed E-state index contributed by atoms with van der Waals surface area (Å²) in [5, 5.41) is 15.3. The molecule has 1 atom stereocenters. The molecule has 0 spiro atoms. The summed E-state index contributed by atoms with van der Waals surface area (Å²) < 4.78 is 14.5. The molecule has 0 saturated carbocycles. The van der Waals surface area contributed by atoms with Gasteiger partial charge in [0, 0.05) is 11.6 Å². The van der Waals surface area contributed by atoms with Gasteiger partial charge in [-0.3, -0.25) is 4.79 Å². The lowest BCUT2D eigenvalue weighted by molar-refractivity contribution is -0.120. The molecule has 140 valence electrons. The number of carbonyl (C=O) groups excluding carboxylic acids is 1. The van der Waals surface area contributed by atoms with Gasteiger partial charge in [-0.15, -0.1) is 5.10 Å². The number of carbonyl (C=O) groups is 1. The Labute approximate surface area is 165 Å². The number of hydrogen-bond acceptors (Lipinski definition) is 5. The average molecular weight is 406 g/mol. The Morgan fingerprint density at radius 2 is 1.93 bits per heavy atom. The number of tetrazole rings is 1. The van der Waals surface area contributed by atoms with E-state index in [1.807, 2.05) is 0 Å². The van der Waals surface area contributed by atoms with Gasteiger partial charge in [0.2, 0.25) is 11.1 Å². The van der Waals surface area contributed by atoms with E-state index in [4.69, 9.17) is 11.6 Å². The maximum atomic E-state index is 12.9. The largest absolute Gasteiger partial charge is 0.355 e. The van der Waals surface area contributed by atoms with Crippen molar-refractivity contribution in [1.29, 1.82) is 0 Å². The Kier molecular flexibility index (Phi) is 6.41. The van der Waals surface area contributed by atoms with Gasteiger partial charge < -0.3 is 5.32 Å².